The molecule has 3 aliphatic rings. The number of nitrogens with zero attached hydrogens (tertiary/aromatic N) is 8. The minimum absolute atomic E-state index is 0.0129. The Kier molecular flexibility index (Phi) is 9.53. The van der Waals surface area contributed by atoms with Gasteiger partial charge < -0.3 is 0 Å². The predicted octanol–water partition coefficient (Wildman–Crippen LogP) is 14.9. The van der Waals surface area contributed by atoms with Gasteiger partial charge >= 0.3 is 0 Å². The summed E-state index contributed by atoms with van der Waals surface area (Å²) in [5.41, 5.74) is 19.3. The minimum atomic E-state index is 0.0129. The molecular formula is C66H42N8. The number of imidazole rings is 2. The second kappa shape index (κ2) is 16.9. The molecule has 0 N–H and O–H groups in total. The van der Waals surface area contributed by atoms with Gasteiger partial charge in [0.15, 0.2) is 11.6 Å². The lowest BCUT2D eigenvalue weighted by Crippen LogP contribution is -2.27. The van der Waals surface area contributed by atoms with Gasteiger partial charge in [0.05, 0.1) is 33.5 Å². The van der Waals surface area contributed by atoms with Crippen LogP contribution in [0.2, 0.25) is 0 Å². The molecule has 0 radical (unpaired) electrons. The van der Waals surface area contributed by atoms with Crippen molar-refractivity contribution in [3.05, 3.63) is 276 Å². The second-order valence-electron chi connectivity index (χ2n) is 19.0. The maximum atomic E-state index is 5.34. The lowest BCUT2D eigenvalue weighted by atomic mass is 9.60. The predicted molar refractivity (Wildman–Crippen MR) is 294 cm³/mol. The van der Waals surface area contributed by atoms with Crippen LogP contribution in [0.4, 0.5) is 0 Å². The summed E-state index contributed by atoms with van der Waals surface area (Å²) in [6, 6.07) is 84.9. The maximum Gasteiger partial charge on any atom is 0.162 e. The summed E-state index contributed by atoms with van der Waals surface area (Å²) >= 11 is 0. The van der Waals surface area contributed by atoms with E-state index in [2.05, 4.69) is 191 Å². The molecule has 74 heavy (non-hydrogen) atoms. The van der Waals surface area contributed by atoms with Gasteiger partial charge in [0, 0.05) is 57.3 Å². The van der Waals surface area contributed by atoms with Gasteiger partial charge in [-0.2, -0.15) is 0 Å². The normalized spacial score (nSPS) is 14.2. The van der Waals surface area contributed by atoms with E-state index in [-0.39, 0.29) is 11.8 Å². The van der Waals surface area contributed by atoms with Crippen molar-refractivity contribution >= 4 is 22.1 Å². The molecule has 4 aromatic heterocycles. The summed E-state index contributed by atoms with van der Waals surface area (Å²) in [6.45, 7) is 0. The lowest BCUT2D eigenvalue weighted by Gasteiger charge is -2.42. The first-order valence-corrected chi connectivity index (χ1v) is 25.0. The van der Waals surface area contributed by atoms with Crippen molar-refractivity contribution < 1.29 is 0 Å². The Hall–Kier alpha value is -9.92. The molecule has 2 atom stereocenters. The molecule has 9 aromatic carbocycles. The fraction of sp³-hybridized carbons (Fsp3) is 0.0303. The average Bonchev–Trinajstić information content (AvgIpc) is 4.13. The molecule has 0 fully saturated rings. The van der Waals surface area contributed by atoms with Gasteiger partial charge in [0.25, 0.3) is 0 Å². The molecule has 16 rings (SSSR count). The highest BCUT2D eigenvalue weighted by atomic mass is 15.2. The van der Waals surface area contributed by atoms with Crippen molar-refractivity contribution in [3.8, 4) is 79.7 Å². The van der Waals surface area contributed by atoms with Crippen molar-refractivity contribution in [1.82, 2.24) is 39.0 Å². The molecule has 2 bridgehead atoms. The van der Waals surface area contributed by atoms with E-state index in [0.29, 0.717) is 11.6 Å². The van der Waals surface area contributed by atoms with Crippen LogP contribution in [0.25, 0.3) is 102 Å². The fourth-order valence-electron chi connectivity index (χ4n) is 11.4. The number of aromatic nitrogens is 8. The zero-order chi connectivity index (χ0) is 48.7. The fourth-order valence-corrected chi connectivity index (χ4v) is 11.4. The molecule has 2 unspecified atom stereocenters. The number of benzene rings is 9. The highest BCUT2D eigenvalue weighted by Crippen LogP contribution is 2.57. The van der Waals surface area contributed by atoms with Crippen LogP contribution in [0.15, 0.2) is 243 Å². The van der Waals surface area contributed by atoms with Gasteiger partial charge in [-0.25, -0.2) is 29.9 Å². The molecule has 0 saturated heterocycles. The summed E-state index contributed by atoms with van der Waals surface area (Å²) in [5.74, 6) is 4.49. The zero-order valence-electron chi connectivity index (χ0n) is 39.8. The van der Waals surface area contributed by atoms with Crippen LogP contribution in [0, 0.1) is 0 Å². The zero-order valence-corrected chi connectivity index (χ0v) is 39.8. The molecule has 13 aromatic rings. The Bertz CT molecular complexity index is 4040. The topological polar surface area (TPSA) is 87.2 Å². The quantitative estimate of drug-likeness (QED) is 0.151. The van der Waals surface area contributed by atoms with Gasteiger partial charge in [0.2, 0.25) is 0 Å². The van der Waals surface area contributed by atoms with Crippen LogP contribution in [0.5, 0.6) is 0 Å². The van der Waals surface area contributed by atoms with Crippen LogP contribution >= 0.6 is 0 Å². The minimum Gasteiger partial charge on any atom is -0.276 e. The largest absolute Gasteiger partial charge is 0.276 e. The Morgan fingerprint density at radius 1 is 0.257 bits per heavy atom. The van der Waals surface area contributed by atoms with Crippen LogP contribution in [0.1, 0.15) is 45.2 Å². The molecule has 346 valence electrons. The number of hydrogen-bond donors (Lipinski definition) is 0. The molecule has 3 aliphatic carbocycles. The van der Waals surface area contributed by atoms with Gasteiger partial charge in [-0.05, 0) is 69.8 Å². The van der Waals surface area contributed by atoms with Gasteiger partial charge in [0.1, 0.15) is 23.3 Å². The van der Waals surface area contributed by atoms with E-state index in [1.165, 1.54) is 33.4 Å². The van der Waals surface area contributed by atoms with Crippen LogP contribution in [0.3, 0.4) is 0 Å². The standard InChI is InChI=1S/C66H42N8/c1-5-19-41(20-6-1)63-67-55(39-59(71-63)73-57-31-17-15-29-53(57)69-65(73)43-23-9-3-10-24-43)45-33-35-49-51(37-45)61-47-27-13-14-28-48(47)62(49)52-38-46(34-36-50(52)61)56-40-60(72-64(68-56)42-21-7-2-8-22-42)74-58-32-18-16-30-54(58)70-66(74)44-25-11-4-12-26-44/h1-40,61-62H. The molecule has 0 spiro atoms. The number of para-hydroxylation sites is 4. The Labute approximate surface area is 426 Å². The Morgan fingerprint density at radius 2 is 0.608 bits per heavy atom. The van der Waals surface area contributed by atoms with Crippen LogP contribution in [-0.4, -0.2) is 39.0 Å². The van der Waals surface area contributed by atoms with Crippen molar-refractivity contribution in [2.45, 2.75) is 11.8 Å². The molecule has 4 heterocycles. The van der Waals surface area contributed by atoms with E-state index < -0.39 is 0 Å². The SMILES string of the molecule is c1ccc(-c2nc(-c3ccc4c(c3)C3c5ccccc5C4c4cc(-c5cc(-n6c(-c7ccccc7)nc7ccccc76)nc(-c6ccccc6)n5)ccc43)cc(-n3c(-c4ccccc4)nc4ccccc43)n2)cc1. The van der Waals surface area contributed by atoms with E-state index in [4.69, 9.17) is 29.9 Å². The van der Waals surface area contributed by atoms with Crippen molar-refractivity contribution in [2.24, 2.45) is 0 Å². The van der Waals surface area contributed by atoms with E-state index in [1.54, 1.807) is 0 Å². The summed E-state index contributed by atoms with van der Waals surface area (Å²) < 4.78 is 4.35. The Balaban J connectivity index is 0.883. The summed E-state index contributed by atoms with van der Waals surface area (Å²) in [6.07, 6.45) is 0. The first kappa shape index (κ1) is 41.8. The van der Waals surface area contributed by atoms with Crippen LogP contribution in [-0.2, 0) is 0 Å². The van der Waals surface area contributed by atoms with Gasteiger partial charge in [-0.15, -0.1) is 0 Å². The third-order valence-electron chi connectivity index (χ3n) is 14.8. The third-order valence-corrected chi connectivity index (χ3v) is 14.8. The second-order valence-corrected chi connectivity index (χ2v) is 19.0. The molecule has 8 heteroatoms. The van der Waals surface area contributed by atoms with Crippen molar-refractivity contribution in [2.75, 3.05) is 0 Å². The third kappa shape index (κ3) is 6.76. The maximum absolute atomic E-state index is 5.34. The van der Waals surface area contributed by atoms with Crippen LogP contribution < -0.4 is 0 Å². The van der Waals surface area contributed by atoms with E-state index in [0.717, 1.165) is 90.1 Å². The first-order chi connectivity index (χ1) is 36.7. The highest BCUT2D eigenvalue weighted by molar-refractivity contribution is 5.86. The average molecular weight is 947 g/mol. The van der Waals surface area contributed by atoms with E-state index in [9.17, 15) is 0 Å². The van der Waals surface area contributed by atoms with Crippen molar-refractivity contribution in [3.63, 3.8) is 0 Å². The molecule has 8 nitrogen and oxygen atoms in total. The van der Waals surface area contributed by atoms with Gasteiger partial charge in [-0.1, -0.05) is 194 Å². The lowest BCUT2D eigenvalue weighted by molar-refractivity contribution is 0.755. The molecule has 0 amide bonds. The van der Waals surface area contributed by atoms with E-state index >= 15 is 0 Å². The monoisotopic (exact) mass is 946 g/mol. The number of hydrogen-bond acceptors (Lipinski definition) is 6. The smallest absolute Gasteiger partial charge is 0.162 e. The first-order valence-electron chi connectivity index (χ1n) is 25.0. The molecule has 0 saturated carbocycles. The summed E-state index contributed by atoms with van der Waals surface area (Å²) in [4.78, 5) is 31.6. The number of fused-ring (bicyclic) bond motifs is 2. The highest BCUT2D eigenvalue weighted by Gasteiger charge is 2.41. The van der Waals surface area contributed by atoms with E-state index in [1.807, 2.05) is 60.7 Å². The molecule has 0 aliphatic heterocycles. The van der Waals surface area contributed by atoms with Gasteiger partial charge in [-0.3, -0.25) is 9.13 Å². The van der Waals surface area contributed by atoms with Crippen molar-refractivity contribution in [1.29, 1.82) is 0 Å². The number of rotatable bonds is 8. The molecular weight excluding hydrogens is 905 g/mol. The summed E-state index contributed by atoms with van der Waals surface area (Å²) in [7, 11) is 0. The summed E-state index contributed by atoms with van der Waals surface area (Å²) in [5, 5.41) is 0. The Morgan fingerprint density at radius 3 is 1.03 bits per heavy atom.